The largest absolute Gasteiger partial charge is 0.481 e. The van der Waals surface area contributed by atoms with Gasteiger partial charge >= 0.3 is 0 Å². The quantitative estimate of drug-likeness (QED) is 0.731. The molecule has 0 radical (unpaired) electrons. The van der Waals surface area contributed by atoms with Gasteiger partial charge in [-0.15, -0.1) is 0 Å². The Labute approximate surface area is 102 Å². The van der Waals surface area contributed by atoms with Gasteiger partial charge < -0.3 is 10.2 Å². The van der Waals surface area contributed by atoms with Gasteiger partial charge in [0.05, 0.1) is 0 Å². The normalized spacial score (nSPS) is 8.06. The van der Waals surface area contributed by atoms with E-state index in [-0.39, 0.29) is 0 Å². The number of hydrogen-bond donors (Lipinski definition) is 2. The lowest BCUT2D eigenvalue weighted by atomic mass is 10.1. The molecule has 0 heterocycles. The lowest BCUT2D eigenvalue weighted by Crippen LogP contribution is -1.82. The highest BCUT2D eigenvalue weighted by Crippen LogP contribution is 2.09. The Morgan fingerprint density at radius 3 is 1.29 bits per heavy atom. The summed E-state index contributed by atoms with van der Waals surface area (Å²) in [4.78, 5) is 18.0. The molecule has 0 unspecified atom stereocenters. The van der Waals surface area contributed by atoms with Crippen molar-refractivity contribution >= 4 is 11.9 Å². The molecule has 0 saturated carbocycles. The molecule has 0 spiro atoms. The van der Waals surface area contributed by atoms with E-state index >= 15 is 0 Å². The van der Waals surface area contributed by atoms with Gasteiger partial charge in [-0.25, -0.2) is 0 Å². The van der Waals surface area contributed by atoms with E-state index in [1.54, 1.807) is 0 Å². The third-order valence-corrected chi connectivity index (χ3v) is 1.88. The maximum Gasteiger partial charge on any atom is 0.300 e. The minimum absolute atomic E-state index is 0.833. The molecule has 0 bridgehead atoms. The third kappa shape index (κ3) is 14.2. The van der Waals surface area contributed by atoms with Crippen molar-refractivity contribution in [3.05, 3.63) is 34.9 Å². The van der Waals surface area contributed by atoms with Crippen molar-refractivity contribution < 1.29 is 19.8 Å². The van der Waals surface area contributed by atoms with Crippen LogP contribution in [0.1, 0.15) is 30.5 Å². The van der Waals surface area contributed by atoms with E-state index in [0.29, 0.717) is 0 Å². The molecule has 0 atom stereocenters. The molecule has 1 aromatic carbocycles. The van der Waals surface area contributed by atoms with Gasteiger partial charge in [-0.3, -0.25) is 9.59 Å². The second kappa shape index (κ2) is 9.39. The molecular formula is C13H20O4. The van der Waals surface area contributed by atoms with Gasteiger partial charge in [-0.2, -0.15) is 0 Å². The Bertz CT molecular complexity index is 329. The first-order valence-electron chi connectivity index (χ1n) is 5.10. The fourth-order valence-corrected chi connectivity index (χ4v) is 0.898. The Hall–Kier alpha value is -1.84. The highest BCUT2D eigenvalue weighted by molar-refractivity contribution is 5.63. The summed E-state index contributed by atoms with van der Waals surface area (Å²) in [5, 5.41) is 14.8. The SMILES string of the molecule is CC(=O)O.CC(=O)O.Cc1cccc(C)c1C. The van der Waals surface area contributed by atoms with Crippen LogP contribution in [-0.4, -0.2) is 22.2 Å². The van der Waals surface area contributed by atoms with Gasteiger partial charge in [0.2, 0.25) is 0 Å². The summed E-state index contributed by atoms with van der Waals surface area (Å²) in [6.45, 7) is 8.61. The molecule has 2 N–H and O–H groups in total. The van der Waals surface area contributed by atoms with Crippen LogP contribution in [0, 0.1) is 20.8 Å². The molecule has 96 valence electrons. The molecule has 1 rings (SSSR count). The van der Waals surface area contributed by atoms with Crippen molar-refractivity contribution in [2.75, 3.05) is 0 Å². The van der Waals surface area contributed by atoms with E-state index in [4.69, 9.17) is 19.8 Å². The maximum absolute atomic E-state index is 9.00. The number of aryl methyl sites for hydroxylation is 2. The summed E-state index contributed by atoms with van der Waals surface area (Å²) < 4.78 is 0. The minimum Gasteiger partial charge on any atom is -0.481 e. The van der Waals surface area contributed by atoms with E-state index in [1.807, 2.05) is 0 Å². The van der Waals surface area contributed by atoms with E-state index in [9.17, 15) is 0 Å². The predicted molar refractivity (Wildman–Crippen MR) is 67.3 cm³/mol. The average Bonchev–Trinajstić information content (AvgIpc) is 2.12. The lowest BCUT2D eigenvalue weighted by Gasteiger charge is -2.00. The molecule has 17 heavy (non-hydrogen) atoms. The van der Waals surface area contributed by atoms with Crippen LogP contribution in [0.4, 0.5) is 0 Å². The highest BCUT2D eigenvalue weighted by atomic mass is 16.4. The summed E-state index contributed by atoms with van der Waals surface area (Å²) in [7, 11) is 0. The minimum atomic E-state index is -0.833. The maximum atomic E-state index is 9.00. The van der Waals surface area contributed by atoms with E-state index < -0.39 is 11.9 Å². The van der Waals surface area contributed by atoms with Crippen LogP contribution in [0.3, 0.4) is 0 Å². The number of carbonyl (C=O) groups is 2. The third-order valence-electron chi connectivity index (χ3n) is 1.88. The smallest absolute Gasteiger partial charge is 0.300 e. The van der Waals surface area contributed by atoms with Crippen LogP contribution >= 0.6 is 0 Å². The zero-order valence-electron chi connectivity index (χ0n) is 10.9. The van der Waals surface area contributed by atoms with Gasteiger partial charge in [-0.05, 0) is 37.5 Å². The second-order valence-electron chi connectivity index (χ2n) is 3.55. The Morgan fingerprint density at radius 2 is 1.12 bits per heavy atom. The van der Waals surface area contributed by atoms with Crippen LogP contribution in [0.25, 0.3) is 0 Å². The summed E-state index contributed by atoms with van der Waals surface area (Å²) in [5.74, 6) is -1.67. The molecule has 0 aliphatic carbocycles. The van der Waals surface area contributed by atoms with Crippen molar-refractivity contribution in [2.24, 2.45) is 0 Å². The molecule has 0 aliphatic heterocycles. The van der Waals surface area contributed by atoms with Crippen LogP contribution in [0.5, 0.6) is 0 Å². The fourth-order valence-electron chi connectivity index (χ4n) is 0.898. The van der Waals surface area contributed by atoms with Crippen molar-refractivity contribution in [3.8, 4) is 0 Å². The average molecular weight is 240 g/mol. The molecule has 4 nitrogen and oxygen atoms in total. The number of hydrogen-bond acceptors (Lipinski definition) is 2. The molecule has 0 saturated heterocycles. The second-order valence-corrected chi connectivity index (χ2v) is 3.55. The van der Waals surface area contributed by atoms with E-state index in [0.717, 1.165) is 13.8 Å². The predicted octanol–water partition coefficient (Wildman–Crippen LogP) is 2.79. The monoisotopic (exact) mass is 240 g/mol. The summed E-state index contributed by atoms with van der Waals surface area (Å²) in [6.07, 6.45) is 0. The van der Waals surface area contributed by atoms with Crippen LogP contribution in [0.15, 0.2) is 18.2 Å². The first-order chi connectivity index (χ1) is 7.68. The van der Waals surface area contributed by atoms with Crippen LogP contribution < -0.4 is 0 Å². The molecule has 0 aliphatic rings. The number of rotatable bonds is 0. The van der Waals surface area contributed by atoms with Gasteiger partial charge in [0.15, 0.2) is 0 Å². The topological polar surface area (TPSA) is 74.6 Å². The number of benzene rings is 1. The summed E-state index contributed by atoms with van der Waals surface area (Å²) in [6, 6.07) is 6.38. The van der Waals surface area contributed by atoms with E-state index in [1.165, 1.54) is 16.7 Å². The van der Waals surface area contributed by atoms with Crippen molar-refractivity contribution in [2.45, 2.75) is 34.6 Å². The first-order valence-corrected chi connectivity index (χ1v) is 5.10. The van der Waals surface area contributed by atoms with Crippen LogP contribution in [0.2, 0.25) is 0 Å². The van der Waals surface area contributed by atoms with Gasteiger partial charge in [0.1, 0.15) is 0 Å². The Morgan fingerprint density at radius 1 is 0.882 bits per heavy atom. The zero-order valence-corrected chi connectivity index (χ0v) is 10.9. The molecule has 0 aromatic heterocycles. The zero-order chi connectivity index (χ0) is 14.0. The fraction of sp³-hybridized carbons (Fsp3) is 0.385. The van der Waals surface area contributed by atoms with Gasteiger partial charge in [0.25, 0.3) is 11.9 Å². The van der Waals surface area contributed by atoms with Crippen molar-refractivity contribution in [1.29, 1.82) is 0 Å². The number of aliphatic carboxylic acids is 2. The number of carboxylic acid groups (broad SMARTS) is 2. The number of carboxylic acids is 2. The molecule has 0 amide bonds. The molecule has 0 fully saturated rings. The molecular weight excluding hydrogens is 220 g/mol. The van der Waals surface area contributed by atoms with E-state index in [2.05, 4.69) is 39.0 Å². The standard InChI is InChI=1S/C9H12.2C2H4O2/c1-7-5-4-6-8(2)9(7)3;2*1-2(3)4/h4-6H,1-3H3;2*1H3,(H,3,4). The van der Waals surface area contributed by atoms with Crippen molar-refractivity contribution in [3.63, 3.8) is 0 Å². The van der Waals surface area contributed by atoms with Gasteiger partial charge in [-0.1, -0.05) is 18.2 Å². The first kappa shape index (κ1) is 17.6. The Kier molecular flexibility index (Phi) is 9.70. The lowest BCUT2D eigenvalue weighted by molar-refractivity contribution is -0.135. The summed E-state index contributed by atoms with van der Waals surface area (Å²) in [5.41, 5.74) is 4.18. The Balaban J connectivity index is 0. The molecule has 1 aromatic rings. The highest BCUT2D eigenvalue weighted by Gasteiger charge is 1.91. The molecule has 4 heteroatoms. The summed E-state index contributed by atoms with van der Waals surface area (Å²) >= 11 is 0. The van der Waals surface area contributed by atoms with Crippen LogP contribution in [-0.2, 0) is 9.59 Å². The van der Waals surface area contributed by atoms with Crippen molar-refractivity contribution in [1.82, 2.24) is 0 Å². The van der Waals surface area contributed by atoms with Gasteiger partial charge in [0, 0.05) is 13.8 Å².